The molecule has 1 spiro atoms. The van der Waals surface area contributed by atoms with E-state index in [1.54, 1.807) is 23.0 Å². The van der Waals surface area contributed by atoms with Crippen LogP contribution in [0.1, 0.15) is 17.7 Å². The molecular formula is C17H20N4O3. The van der Waals surface area contributed by atoms with Gasteiger partial charge in [0.2, 0.25) is 5.91 Å². The number of rotatable bonds is 2. The molecule has 4 heterocycles. The summed E-state index contributed by atoms with van der Waals surface area (Å²) in [6.07, 6.45) is 4.37. The molecule has 2 amide bonds. The summed E-state index contributed by atoms with van der Waals surface area (Å²) in [6.45, 7) is 3.64. The summed E-state index contributed by atoms with van der Waals surface area (Å²) in [5.41, 5.74) is 2.30. The number of carbonyl (C=O) groups excluding carboxylic acids is 2. The number of carbonyl (C=O) groups is 2. The maximum atomic E-state index is 12.7. The third kappa shape index (κ3) is 2.31. The molecule has 0 aromatic carbocycles. The third-order valence-corrected chi connectivity index (χ3v) is 4.95. The fourth-order valence-corrected chi connectivity index (χ4v) is 3.66. The topological polar surface area (TPSA) is 67.2 Å². The molecule has 2 saturated heterocycles. The van der Waals surface area contributed by atoms with Gasteiger partial charge in [-0.2, -0.15) is 0 Å². The van der Waals surface area contributed by atoms with Crippen LogP contribution in [0.25, 0.3) is 5.65 Å². The molecule has 0 saturated carbocycles. The SMILES string of the molecule is Cc1cccn2c(CC(=O)N3CC[C@@]4(CN(C)C(=O)O4)C3)cnc12. The molecule has 4 rings (SSSR count). The van der Waals surface area contributed by atoms with E-state index < -0.39 is 5.60 Å². The Labute approximate surface area is 139 Å². The Morgan fingerprint density at radius 3 is 3.00 bits per heavy atom. The van der Waals surface area contributed by atoms with E-state index in [2.05, 4.69) is 4.98 Å². The van der Waals surface area contributed by atoms with Crippen LogP contribution < -0.4 is 0 Å². The molecule has 7 heteroatoms. The smallest absolute Gasteiger partial charge is 0.410 e. The molecule has 0 radical (unpaired) electrons. The zero-order valence-electron chi connectivity index (χ0n) is 13.9. The highest BCUT2D eigenvalue weighted by atomic mass is 16.6. The molecule has 0 aliphatic carbocycles. The van der Waals surface area contributed by atoms with Crippen LogP contribution in [0, 0.1) is 6.92 Å². The average molecular weight is 328 g/mol. The number of likely N-dealkylation sites (N-methyl/N-ethyl adjacent to an activating group) is 1. The molecule has 126 valence electrons. The van der Waals surface area contributed by atoms with E-state index in [1.807, 2.05) is 29.7 Å². The van der Waals surface area contributed by atoms with E-state index in [-0.39, 0.29) is 12.0 Å². The first-order valence-corrected chi connectivity index (χ1v) is 8.11. The Morgan fingerprint density at radius 2 is 2.25 bits per heavy atom. The normalized spacial score (nSPS) is 23.5. The lowest BCUT2D eigenvalue weighted by atomic mass is 10.0. The van der Waals surface area contributed by atoms with Gasteiger partial charge in [-0.1, -0.05) is 6.07 Å². The molecule has 1 atom stereocenters. The predicted molar refractivity (Wildman–Crippen MR) is 86.7 cm³/mol. The standard InChI is InChI=1S/C17H20N4O3/c1-12-4-3-6-21-13(9-18-15(12)21)8-14(22)20-7-5-17(11-20)10-19(2)16(23)24-17/h3-4,6,9H,5,7-8,10-11H2,1-2H3/t17-/m1/s1. The number of hydrogen-bond donors (Lipinski definition) is 0. The Bertz CT molecular complexity index is 830. The Morgan fingerprint density at radius 1 is 1.42 bits per heavy atom. The minimum atomic E-state index is -0.530. The second-order valence-corrected chi connectivity index (χ2v) is 6.78. The first-order chi connectivity index (χ1) is 11.5. The van der Waals surface area contributed by atoms with E-state index in [4.69, 9.17) is 4.74 Å². The molecule has 2 aromatic rings. The number of hydrogen-bond acceptors (Lipinski definition) is 4. The van der Waals surface area contributed by atoms with Crippen LogP contribution in [0.4, 0.5) is 4.79 Å². The van der Waals surface area contributed by atoms with Crippen molar-refractivity contribution in [2.24, 2.45) is 0 Å². The van der Waals surface area contributed by atoms with Gasteiger partial charge >= 0.3 is 6.09 Å². The van der Waals surface area contributed by atoms with Gasteiger partial charge in [0.1, 0.15) is 5.65 Å². The summed E-state index contributed by atoms with van der Waals surface area (Å²) < 4.78 is 7.46. The van der Waals surface area contributed by atoms with Crippen LogP contribution in [0.5, 0.6) is 0 Å². The van der Waals surface area contributed by atoms with Crippen molar-refractivity contribution in [2.45, 2.75) is 25.4 Å². The number of pyridine rings is 1. The van der Waals surface area contributed by atoms with Crippen LogP contribution >= 0.6 is 0 Å². The fourth-order valence-electron chi connectivity index (χ4n) is 3.66. The molecule has 0 bridgehead atoms. The lowest BCUT2D eigenvalue weighted by Crippen LogP contribution is -2.39. The highest BCUT2D eigenvalue weighted by molar-refractivity contribution is 5.79. The van der Waals surface area contributed by atoms with Gasteiger partial charge in [0.15, 0.2) is 5.60 Å². The maximum absolute atomic E-state index is 12.7. The summed E-state index contributed by atoms with van der Waals surface area (Å²) in [4.78, 5) is 32.1. The number of ether oxygens (including phenoxy) is 1. The summed E-state index contributed by atoms with van der Waals surface area (Å²) in [7, 11) is 1.72. The van der Waals surface area contributed by atoms with Crippen molar-refractivity contribution in [1.29, 1.82) is 0 Å². The van der Waals surface area contributed by atoms with Gasteiger partial charge in [-0.05, 0) is 18.6 Å². The largest absolute Gasteiger partial charge is 0.439 e. The van der Waals surface area contributed by atoms with Crippen LogP contribution in [0.15, 0.2) is 24.5 Å². The van der Waals surface area contributed by atoms with E-state index in [0.717, 1.165) is 16.9 Å². The average Bonchev–Trinajstić information content (AvgIpc) is 3.20. The number of likely N-dealkylation sites (tertiary alicyclic amines) is 1. The first-order valence-electron chi connectivity index (χ1n) is 8.11. The van der Waals surface area contributed by atoms with Crippen LogP contribution in [0.2, 0.25) is 0 Å². The number of aromatic nitrogens is 2. The lowest BCUT2D eigenvalue weighted by molar-refractivity contribution is -0.130. The van der Waals surface area contributed by atoms with Crippen LogP contribution in [0.3, 0.4) is 0 Å². The van der Waals surface area contributed by atoms with Gasteiger partial charge < -0.3 is 18.9 Å². The maximum Gasteiger partial charge on any atom is 0.410 e. The van der Waals surface area contributed by atoms with Crippen molar-refractivity contribution in [3.8, 4) is 0 Å². The van der Waals surface area contributed by atoms with Crippen molar-refractivity contribution in [3.63, 3.8) is 0 Å². The van der Waals surface area contributed by atoms with Gasteiger partial charge in [0.25, 0.3) is 0 Å². The molecule has 2 aromatic heterocycles. The summed E-state index contributed by atoms with van der Waals surface area (Å²) >= 11 is 0. The highest BCUT2D eigenvalue weighted by Gasteiger charge is 2.49. The Hall–Kier alpha value is -2.57. The van der Waals surface area contributed by atoms with E-state index in [1.165, 1.54) is 0 Å². The number of aryl methyl sites for hydroxylation is 1. The molecule has 2 aliphatic heterocycles. The zero-order valence-corrected chi connectivity index (χ0v) is 13.9. The van der Waals surface area contributed by atoms with Crippen molar-refractivity contribution < 1.29 is 14.3 Å². The Balaban J connectivity index is 1.49. The van der Waals surface area contributed by atoms with Gasteiger partial charge in [-0.15, -0.1) is 0 Å². The monoisotopic (exact) mass is 328 g/mol. The van der Waals surface area contributed by atoms with Crippen molar-refractivity contribution in [2.75, 3.05) is 26.7 Å². The highest BCUT2D eigenvalue weighted by Crippen LogP contribution is 2.32. The van der Waals surface area contributed by atoms with E-state index in [9.17, 15) is 9.59 Å². The summed E-state index contributed by atoms with van der Waals surface area (Å²) in [5, 5.41) is 0. The van der Waals surface area contributed by atoms with Gasteiger partial charge in [-0.3, -0.25) is 4.79 Å². The molecule has 2 fully saturated rings. The third-order valence-electron chi connectivity index (χ3n) is 4.95. The fraction of sp³-hybridized carbons (Fsp3) is 0.471. The first kappa shape index (κ1) is 15.0. The Kier molecular flexibility index (Phi) is 3.26. The molecule has 2 aliphatic rings. The quantitative estimate of drug-likeness (QED) is 0.832. The van der Waals surface area contributed by atoms with E-state index in [0.29, 0.717) is 32.5 Å². The van der Waals surface area contributed by atoms with E-state index >= 15 is 0 Å². The molecule has 0 N–H and O–H groups in total. The second kappa shape index (κ2) is 5.22. The summed E-state index contributed by atoms with van der Waals surface area (Å²) in [6, 6.07) is 3.96. The molecule has 0 unspecified atom stereocenters. The van der Waals surface area contributed by atoms with Crippen LogP contribution in [-0.2, 0) is 16.0 Å². The van der Waals surface area contributed by atoms with Gasteiger partial charge in [0, 0.05) is 32.4 Å². The van der Waals surface area contributed by atoms with Gasteiger partial charge in [0.05, 0.1) is 25.2 Å². The number of nitrogens with zero attached hydrogens (tertiary/aromatic N) is 4. The zero-order chi connectivity index (χ0) is 16.9. The van der Waals surface area contributed by atoms with Crippen molar-refractivity contribution in [1.82, 2.24) is 19.2 Å². The van der Waals surface area contributed by atoms with Crippen molar-refractivity contribution >= 4 is 17.6 Å². The summed E-state index contributed by atoms with van der Waals surface area (Å²) in [5.74, 6) is 0.0424. The lowest BCUT2D eigenvalue weighted by Gasteiger charge is -2.21. The predicted octanol–water partition coefficient (Wildman–Crippen LogP) is 1.24. The van der Waals surface area contributed by atoms with Crippen molar-refractivity contribution in [3.05, 3.63) is 35.8 Å². The molecular weight excluding hydrogens is 308 g/mol. The number of fused-ring (bicyclic) bond motifs is 1. The molecule has 24 heavy (non-hydrogen) atoms. The molecule has 7 nitrogen and oxygen atoms in total. The minimum absolute atomic E-state index is 0.0424. The number of amides is 2. The van der Waals surface area contributed by atoms with Crippen LogP contribution in [-0.4, -0.2) is 63.5 Å². The van der Waals surface area contributed by atoms with Gasteiger partial charge in [-0.25, -0.2) is 9.78 Å². The second-order valence-electron chi connectivity index (χ2n) is 6.78. The number of imidazole rings is 1. The minimum Gasteiger partial charge on any atom is -0.439 e.